The van der Waals surface area contributed by atoms with Gasteiger partial charge in [0.15, 0.2) is 0 Å². The topological polar surface area (TPSA) is 66.5 Å². The minimum atomic E-state index is -3.75. The van der Waals surface area contributed by atoms with Crippen molar-refractivity contribution < 1.29 is 17.6 Å². The number of piperidine rings is 1. The third-order valence-electron chi connectivity index (χ3n) is 4.85. The van der Waals surface area contributed by atoms with Crippen LogP contribution in [0.15, 0.2) is 47.4 Å². The SMILES string of the molecule is Cc1ccc(NC(=O)C2CCCN(S(=O)(=O)c3ccc(F)cc3)C2)c(C)c1. The predicted octanol–water partition coefficient (Wildman–Crippen LogP) is 3.48. The Bertz CT molecular complexity index is 942. The Balaban J connectivity index is 1.73. The van der Waals surface area contributed by atoms with E-state index in [9.17, 15) is 17.6 Å². The first kappa shape index (κ1) is 19.5. The van der Waals surface area contributed by atoms with Crippen molar-refractivity contribution in [1.29, 1.82) is 0 Å². The normalized spacial score (nSPS) is 18.3. The van der Waals surface area contributed by atoms with Crippen molar-refractivity contribution in [3.05, 3.63) is 59.4 Å². The molecule has 0 saturated carbocycles. The Morgan fingerprint density at radius 2 is 1.85 bits per heavy atom. The molecule has 0 spiro atoms. The standard InChI is InChI=1S/C20H23FN2O3S/c1-14-5-10-19(15(2)12-14)22-20(24)16-4-3-11-23(13-16)27(25,26)18-8-6-17(21)7-9-18/h5-10,12,16H,3-4,11,13H2,1-2H3,(H,22,24). The van der Waals surface area contributed by atoms with Crippen LogP contribution in [0.4, 0.5) is 10.1 Å². The van der Waals surface area contributed by atoms with E-state index >= 15 is 0 Å². The Morgan fingerprint density at radius 1 is 1.15 bits per heavy atom. The molecule has 1 unspecified atom stereocenters. The summed E-state index contributed by atoms with van der Waals surface area (Å²) in [7, 11) is -3.75. The lowest BCUT2D eigenvalue weighted by Crippen LogP contribution is -2.43. The van der Waals surface area contributed by atoms with Crippen molar-refractivity contribution >= 4 is 21.6 Å². The molecule has 0 bridgehead atoms. The van der Waals surface area contributed by atoms with Gasteiger partial charge in [-0.2, -0.15) is 4.31 Å². The first-order chi connectivity index (χ1) is 12.8. The van der Waals surface area contributed by atoms with Gasteiger partial charge in [-0.3, -0.25) is 4.79 Å². The van der Waals surface area contributed by atoms with Gasteiger partial charge in [0.05, 0.1) is 10.8 Å². The van der Waals surface area contributed by atoms with Crippen molar-refractivity contribution in [1.82, 2.24) is 4.31 Å². The number of carbonyl (C=O) groups is 1. The van der Waals surface area contributed by atoms with Crippen LogP contribution in [0.2, 0.25) is 0 Å². The van der Waals surface area contributed by atoms with Gasteiger partial charge in [0.25, 0.3) is 0 Å². The lowest BCUT2D eigenvalue weighted by Gasteiger charge is -2.31. The van der Waals surface area contributed by atoms with Crippen LogP contribution in [0, 0.1) is 25.6 Å². The van der Waals surface area contributed by atoms with Gasteiger partial charge in [0.2, 0.25) is 15.9 Å². The Hall–Kier alpha value is -2.25. The number of rotatable bonds is 4. The zero-order valence-corrected chi connectivity index (χ0v) is 16.2. The van der Waals surface area contributed by atoms with E-state index in [0.717, 1.165) is 28.9 Å². The number of aryl methyl sites for hydroxylation is 2. The van der Waals surface area contributed by atoms with Gasteiger partial charge < -0.3 is 5.32 Å². The maximum absolute atomic E-state index is 13.1. The zero-order valence-electron chi connectivity index (χ0n) is 15.4. The number of nitrogens with zero attached hydrogens (tertiary/aromatic N) is 1. The van der Waals surface area contributed by atoms with Crippen LogP contribution < -0.4 is 5.32 Å². The molecule has 1 aliphatic rings. The molecule has 0 aliphatic carbocycles. The van der Waals surface area contributed by atoms with E-state index in [0.29, 0.717) is 19.4 Å². The number of sulfonamides is 1. The van der Waals surface area contributed by atoms with E-state index in [1.807, 2.05) is 32.0 Å². The molecule has 0 radical (unpaired) electrons. The third kappa shape index (κ3) is 4.36. The average molecular weight is 390 g/mol. The van der Waals surface area contributed by atoms with E-state index in [4.69, 9.17) is 0 Å². The molecule has 5 nitrogen and oxygen atoms in total. The number of hydrogen-bond acceptors (Lipinski definition) is 3. The quantitative estimate of drug-likeness (QED) is 0.869. The largest absolute Gasteiger partial charge is 0.326 e. The summed E-state index contributed by atoms with van der Waals surface area (Å²) >= 11 is 0. The number of nitrogens with one attached hydrogen (secondary N) is 1. The lowest BCUT2D eigenvalue weighted by atomic mass is 9.98. The van der Waals surface area contributed by atoms with Crippen molar-refractivity contribution in [2.24, 2.45) is 5.92 Å². The van der Waals surface area contributed by atoms with Crippen molar-refractivity contribution in [3.63, 3.8) is 0 Å². The summed E-state index contributed by atoms with van der Waals surface area (Å²) in [5.41, 5.74) is 2.82. The van der Waals surface area contributed by atoms with Crippen LogP contribution in [0.1, 0.15) is 24.0 Å². The van der Waals surface area contributed by atoms with Crippen LogP contribution >= 0.6 is 0 Å². The van der Waals surface area contributed by atoms with Crippen LogP contribution in [-0.2, 0) is 14.8 Å². The number of anilines is 1. The summed E-state index contributed by atoms with van der Waals surface area (Å²) < 4.78 is 40.0. The van der Waals surface area contributed by atoms with Crippen LogP contribution in [0.5, 0.6) is 0 Å². The van der Waals surface area contributed by atoms with Crippen molar-refractivity contribution in [3.8, 4) is 0 Å². The molecule has 1 aliphatic heterocycles. The number of halogens is 1. The van der Waals surface area contributed by atoms with E-state index in [-0.39, 0.29) is 17.3 Å². The molecule has 2 aromatic rings. The smallest absolute Gasteiger partial charge is 0.243 e. The van der Waals surface area contributed by atoms with Gasteiger partial charge in [0, 0.05) is 18.8 Å². The molecular formula is C20H23FN2O3S. The fourth-order valence-corrected chi connectivity index (χ4v) is 4.84. The van der Waals surface area contributed by atoms with Gasteiger partial charge in [-0.1, -0.05) is 17.7 Å². The van der Waals surface area contributed by atoms with Crippen LogP contribution in [0.25, 0.3) is 0 Å². The molecule has 3 rings (SSSR count). The summed E-state index contributed by atoms with van der Waals surface area (Å²) in [6, 6.07) is 10.5. The van der Waals surface area contributed by atoms with Crippen molar-refractivity contribution in [2.45, 2.75) is 31.6 Å². The van der Waals surface area contributed by atoms with Crippen LogP contribution in [-0.4, -0.2) is 31.7 Å². The van der Waals surface area contributed by atoms with E-state index in [1.54, 1.807) is 0 Å². The summed E-state index contributed by atoms with van der Waals surface area (Å²) in [4.78, 5) is 12.7. The molecule has 144 valence electrons. The Labute approximate surface area is 159 Å². The summed E-state index contributed by atoms with van der Waals surface area (Å²) in [5, 5.41) is 2.92. The molecule has 1 saturated heterocycles. The maximum atomic E-state index is 13.1. The number of benzene rings is 2. The van der Waals surface area contributed by atoms with E-state index in [1.165, 1.54) is 16.4 Å². The van der Waals surface area contributed by atoms with E-state index < -0.39 is 21.8 Å². The van der Waals surface area contributed by atoms with Gasteiger partial charge in [0.1, 0.15) is 5.82 Å². The van der Waals surface area contributed by atoms with Gasteiger partial charge >= 0.3 is 0 Å². The zero-order chi connectivity index (χ0) is 19.6. The second kappa shape index (κ2) is 7.78. The highest BCUT2D eigenvalue weighted by molar-refractivity contribution is 7.89. The fraction of sp³-hybridized carbons (Fsp3) is 0.350. The average Bonchev–Trinajstić information content (AvgIpc) is 2.64. The number of carbonyl (C=O) groups excluding carboxylic acids is 1. The molecule has 0 aromatic heterocycles. The molecule has 2 aromatic carbocycles. The minimum absolute atomic E-state index is 0.0411. The molecule has 1 fully saturated rings. The molecule has 27 heavy (non-hydrogen) atoms. The molecular weight excluding hydrogens is 367 g/mol. The van der Waals surface area contributed by atoms with Crippen molar-refractivity contribution in [2.75, 3.05) is 18.4 Å². The van der Waals surface area contributed by atoms with Gasteiger partial charge in [-0.05, 0) is 62.6 Å². The fourth-order valence-electron chi connectivity index (χ4n) is 3.32. The number of amides is 1. The first-order valence-corrected chi connectivity index (χ1v) is 10.4. The lowest BCUT2D eigenvalue weighted by molar-refractivity contribution is -0.120. The Morgan fingerprint density at radius 3 is 2.52 bits per heavy atom. The first-order valence-electron chi connectivity index (χ1n) is 8.91. The molecule has 1 atom stereocenters. The van der Waals surface area contributed by atoms with Gasteiger partial charge in [-0.15, -0.1) is 0 Å². The highest BCUT2D eigenvalue weighted by Crippen LogP contribution is 2.25. The molecule has 1 heterocycles. The Kier molecular flexibility index (Phi) is 5.62. The monoisotopic (exact) mass is 390 g/mol. The number of hydrogen-bond donors (Lipinski definition) is 1. The summed E-state index contributed by atoms with van der Waals surface area (Å²) in [6.07, 6.45) is 1.23. The van der Waals surface area contributed by atoms with E-state index in [2.05, 4.69) is 5.32 Å². The van der Waals surface area contributed by atoms with Crippen LogP contribution in [0.3, 0.4) is 0 Å². The second-order valence-corrected chi connectivity index (χ2v) is 8.90. The maximum Gasteiger partial charge on any atom is 0.243 e. The third-order valence-corrected chi connectivity index (χ3v) is 6.73. The minimum Gasteiger partial charge on any atom is -0.326 e. The molecule has 7 heteroatoms. The van der Waals surface area contributed by atoms with Gasteiger partial charge in [-0.25, -0.2) is 12.8 Å². The summed E-state index contributed by atoms with van der Waals surface area (Å²) in [5.74, 6) is -1.09. The molecule has 1 amide bonds. The predicted molar refractivity (Wildman–Crippen MR) is 102 cm³/mol. The second-order valence-electron chi connectivity index (χ2n) is 6.96. The molecule has 1 N–H and O–H groups in total. The summed E-state index contributed by atoms with van der Waals surface area (Å²) in [6.45, 7) is 4.39. The highest BCUT2D eigenvalue weighted by Gasteiger charge is 2.33. The highest BCUT2D eigenvalue weighted by atomic mass is 32.2.